The van der Waals surface area contributed by atoms with Crippen LogP contribution in [0.4, 0.5) is 0 Å². The Morgan fingerprint density at radius 1 is 1.14 bits per heavy atom. The second kappa shape index (κ2) is 7.77. The van der Waals surface area contributed by atoms with Gasteiger partial charge in [-0.05, 0) is 17.7 Å². The van der Waals surface area contributed by atoms with Crippen LogP contribution in [-0.4, -0.2) is 29.2 Å². The molecule has 28 heavy (non-hydrogen) atoms. The van der Waals surface area contributed by atoms with Crippen LogP contribution in [0.25, 0.3) is 11.0 Å². The Balaban J connectivity index is 1.46. The molecule has 1 N–H and O–H groups in total. The lowest BCUT2D eigenvalue weighted by molar-refractivity contribution is -0.140. The van der Waals surface area contributed by atoms with Gasteiger partial charge in [0.25, 0.3) is 11.8 Å². The minimum Gasteiger partial charge on any atom is -0.483 e. The zero-order valence-corrected chi connectivity index (χ0v) is 15.5. The lowest BCUT2D eigenvalue weighted by atomic mass is 10.2. The van der Waals surface area contributed by atoms with Crippen LogP contribution in [0.1, 0.15) is 10.9 Å². The Kier molecular flexibility index (Phi) is 5.03. The van der Waals surface area contributed by atoms with Gasteiger partial charge in [-0.3, -0.25) is 15.0 Å². The summed E-state index contributed by atoms with van der Waals surface area (Å²) >= 11 is 1.44. The Morgan fingerprint density at radius 2 is 1.89 bits per heavy atom. The van der Waals surface area contributed by atoms with E-state index >= 15 is 0 Å². The van der Waals surface area contributed by atoms with Crippen LogP contribution >= 0.6 is 11.8 Å². The largest absolute Gasteiger partial charge is 0.483 e. The smallest absolute Gasteiger partial charge is 0.339 e. The number of ether oxygens (including phenoxy) is 1. The summed E-state index contributed by atoms with van der Waals surface area (Å²) in [7, 11) is 0. The number of para-hydroxylation sites is 1. The zero-order valence-electron chi connectivity index (χ0n) is 14.7. The van der Waals surface area contributed by atoms with Crippen molar-refractivity contribution in [1.82, 2.24) is 10.4 Å². The van der Waals surface area contributed by atoms with Crippen molar-refractivity contribution in [2.24, 2.45) is 0 Å². The molecular weight excluding hydrogens is 380 g/mol. The van der Waals surface area contributed by atoms with Gasteiger partial charge in [-0.25, -0.2) is 9.80 Å². The van der Waals surface area contributed by atoms with E-state index in [-0.39, 0.29) is 29.4 Å². The van der Waals surface area contributed by atoms with Crippen LogP contribution in [0.2, 0.25) is 0 Å². The fraction of sp³-hybridized carbons (Fsp3) is 0.150. The number of fused-ring (bicyclic) bond motifs is 1. The molecule has 8 heteroatoms. The number of benzene rings is 2. The molecule has 0 spiro atoms. The molecule has 3 aromatic rings. The van der Waals surface area contributed by atoms with Crippen molar-refractivity contribution in [2.45, 2.75) is 5.37 Å². The highest BCUT2D eigenvalue weighted by molar-refractivity contribution is 8.00. The fourth-order valence-electron chi connectivity index (χ4n) is 2.92. The maximum Gasteiger partial charge on any atom is 0.339 e. The van der Waals surface area contributed by atoms with Gasteiger partial charge < -0.3 is 9.15 Å². The second-order valence-corrected chi connectivity index (χ2v) is 7.16. The zero-order chi connectivity index (χ0) is 19.5. The Labute approximate surface area is 164 Å². The predicted octanol–water partition coefficient (Wildman–Crippen LogP) is 2.48. The molecular formula is C20H16N2O5S. The normalized spacial score (nSPS) is 16.4. The van der Waals surface area contributed by atoms with Crippen LogP contribution in [0.5, 0.6) is 5.75 Å². The van der Waals surface area contributed by atoms with Crippen LogP contribution in [0, 0.1) is 0 Å². The number of nitrogens with zero attached hydrogens (tertiary/aromatic N) is 1. The summed E-state index contributed by atoms with van der Waals surface area (Å²) < 4.78 is 10.6. The van der Waals surface area contributed by atoms with Crippen molar-refractivity contribution in [2.75, 3.05) is 12.4 Å². The van der Waals surface area contributed by atoms with Crippen LogP contribution in [-0.2, 0) is 9.59 Å². The number of rotatable bonds is 5. The number of carbonyl (C=O) groups is 2. The first-order chi connectivity index (χ1) is 13.6. The topological polar surface area (TPSA) is 88.8 Å². The molecule has 2 amide bonds. The monoisotopic (exact) mass is 396 g/mol. The number of hydrazine groups is 1. The maximum absolute atomic E-state index is 12.4. The summed E-state index contributed by atoms with van der Waals surface area (Å²) in [5.41, 5.74) is 3.34. The number of carbonyl (C=O) groups excluding carboxylic acids is 2. The van der Waals surface area contributed by atoms with Crippen molar-refractivity contribution in [3.8, 4) is 5.75 Å². The maximum atomic E-state index is 12.4. The number of nitrogens with one attached hydrogen (secondary N) is 1. The Bertz CT molecular complexity index is 1080. The molecule has 0 radical (unpaired) electrons. The first-order valence-electron chi connectivity index (χ1n) is 8.55. The van der Waals surface area contributed by atoms with Gasteiger partial charge in [0.05, 0.1) is 17.2 Å². The lowest BCUT2D eigenvalue weighted by Gasteiger charge is -2.24. The van der Waals surface area contributed by atoms with Crippen LogP contribution < -0.4 is 15.8 Å². The number of thioether (sulfide) groups is 1. The highest BCUT2D eigenvalue weighted by Gasteiger charge is 2.34. The van der Waals surface area contributed by atoms with Crippen molar-refractivity contribution in [1.29, 1.82) is 0 Å². The number of amides is 2. The first kappa shape index (κ1) is 18.1. The summed E-state index contributed by atoms with van der Waals surface area (Å²) in [5.74, 6) is -0.138. The van der Waals surface area contributed by atoms with Gasteiger partial charge in [-0.15, -0.1) is 11.8 Å². The Hall–Kier alpha value is -3.26. The predicted molar refractivity (Wildman–Crippen MR) is 105 cm³/mol. The molecule has 1 saturated heterocycles. The number of hydrogen-bond acceptors (Lipinski definition) is 6. The van der Waals surface area contributed by atoms with Crippen LogP contribution in [0.15, 0.2) is 69.9 Å². The van der Waals surface area contributed by atoms with E-state index in [1.807, 2.05) is 30.3 Å². The van der Waals surface area contributed by atoms with Gasteiger partial charge in [0.1, 0.15) is 16.7 Å². The molecule has 0 bridgehead atoms. The molecule has 1 aliphatic rings. The van der Waals surface area contributed by atoms with Crippen molar-refractivity contribution in [3.05, 3.63) is 76.6 Å². The Morgan fingerprint density at radius 3 is 2.71 bits per heavy atom. The van der Waals surface area contributed by atoms with Gasteiger partial charge in [-0.2, -0.15) is 0 Å². The molecule has 7 nitrogen and oxygen atoms in total. The van der Waals surface area contributed by atoms with Crippen molar-refractivity contribution < 1.29 is 18.7 Å². The van der Waals surface area contributed by atoms with Gasteiger partial charge in [0.2, 0.25) is 0 Å². The summed E-state index contributed by atoms with van der Waals surface area (Å²) in [6, 6.07) is 17.6. The van der Waals surface area contributed by atoms with Crippen molar-refractivity contribution >= 4 is 34.5 Å². The summed E-state index contributed by atoms with van der Waals surface area (Å²) in [6.07, 6.45) is 0. The molecule has 0 saturated carbocycles. The van der Waals surface area contributed by atoms with E-state index < -0.39 is 11.5 Å². The minimum absolute atomic E-state index is 0.182. The number of hydrogen-bond donors (Lipinski definition) is 1. The van der Waals surface area contributed by atoms with Gasteiger partial charge in [0, 0.05) is 0 Å². The van der Waals surface area contributed by atoms with E-state index in [0.29, 0.717) is 11.0 Å². The van der Waals surface area contributed by atoms with Crippen molar-refractivity contribution in [3.63, 3.8) is 0 Å². The fourth-order valence-corrected chi connectivity index (χ4v) is 4.03. The highest BCUT2D eigenvalue weighted by atomic mass is 32.2. The molecule has 1 aromatic heterocycles. The SMILES string of the molecule is O=C(COc1cc(=O)oc2ccccc12)NN1C(=O)CSC1c1ccccc1. The molecule has 1 atom stereocenters. The molecule has 1 aliphatic heterocycles. The summed E-state index contributed by atoms with van der Waals surface area (Å²) in [6.45, 7) is -0.344. The van der Waals surface area contributed by atoms with E-state index in [1.165, 1.54) is 22.8 Å². The highest BCUT2D eigenvalue weighted by Crippen LogP contribution is 2.37. The van der Waals surface area contributed by atoms with E-state index in [1.54, 1.807) is 24.3 Å². The molecule has 1 unspecified atom stereocenters. The first-order valence-corrected chi connectivity index (χ1v) is 9.60. The van der Waals surface area contributed by atoms with Gasteiger partial charge in [0.15, 0.2) is 6.61 Å². The van der Waals surface area contributed by atoms with E-state index in [0.717, 1.165) is 5.56 Å². The van der Waals surface area contributed by atoms with Crippen LogP contribution in [0.3, 0.4) is 0 Å². The van der Waals surface area contributed by atoms with Gasteiger partial charge in [-0.1, -0.05) is 42.5 Å². The van der Waals surface area contributed by atoms with E-state index in [9.17, 15) is 14.4 Å². The quantitative estimate of drug-likeness (QED) is 0.667. The molecule has 0 aliphatic carbocycles. The van der Waals surface area contributed by atoms with Gasteiger partial charge >= 0.3 is 5.63 Å². The molecule has 142 valence electrons. The average Bonchev–Trinajstić information content (AvgIpc) is 3.07. The lowest BCUT2D eigenvalue weighted by Crippen LogP contribution is -2.46. The molecule has 2 heterocycles. The molecule has 1 fully saturated rings. The second-order valence-electron chi connectivity index (χ2n) is 6.09. The third kappa shape index (κ3) is 3.72. The third-order valence-electron chi connectivity index (χ3n) is 4.17. The standard InChI is InChI=1S/C20H16N2O5S/c23-17(11-26-16-10-19(25)27-15-9-5-4-8-14(15)16)21-22-18(24)12-28-20(22)13-6-2-1-3-7-13/h1-10,20H,11-12H2,(H,21,23). The third-order valence-corrected chi connectivity index (χ3v) is 5.38. The average molecular weight is 396 g/mol. The summed E-state index contributed by atoms with van der Waals surface area (Å²) in [4.78, 5) is 36.2. The van der Waals surface area contributed by atoms with E-state index in [2.05, 4.69) is 5.43 Å². The minimum atomic E-state index is -0.565. The summed E-state index contributed by atoms with van der Waals surface area (Å²) in [5, 5.41) is 1.62. The van der Waals surface area contributed by atoms with E-state index in [4.69, 9.17) is 9.15 Å². The molecule has 4 rings (SSSR count). The molecule has 2 aromatic carbocycles.